The first-order valence-electron chi connectivity index (χ1n) is 7.39. The number of nitrogens with zero attached hydrogens (tertiary/aromatic N) is 3. The maximum absolute atomic E-state index is 12.3. The van der Waals surface area contributed by atoms with Crippen LogP contribution in [0.1, 0.15) is 11.5 Å². The summed E-state index contributed by atoms with van der Waals surface area (Å²) in [4.78, 5) is 16.1. The molecule has 0 unspecified atom stereocenters. The molecule has 1 aromatic carbocycles. The predicted octanol–water partition coefficient (Wildman–Crippen LogP) is 1.43. The van der Waals surface area contributed by atoms with Crippen LogP contribution in [0.2, 0.25) is 0 Å². The second kappa shape index (κ2) is 6.52. The van der Waals surface area contributed by atoms with Crippen molar-refractivity contribution in [1.29, 1.82) is 0 Å². The lowest BCUT2D eigenvalue weighted by Crippen LogP contribution is -2.31. The lowest BCUT2D eigenvalue weighted by molar-refractivity contribution is -0.118. The molecule has 0 spiro atoms. The van der Waals surface area contributed by atoms with Gasteiger partial charge < -0.3 is 4.42 Å². The van der Waals surface area contributed by atoms with Gasteiger partial charge in [-0.15, -0.1) is 0 Å². The maximum Gasteiger partial charge on any atom is 0.264 e. The summed E-state index contributed by atoms with van der Waals surface area (Å²) >= 11 is 0. The average Bonchev–Trinajstić information content (AvgIpc) is 3.15. The van der Waals surface area contributed by atoms with Gasteiger partial charge >= 0.3 is 0 Å². The summed E-state index contributed by atoms with van der Waals surface area (Å²) in [6.45, 7) is 1.72. The van der Waals surface area contributed by atoms with Crippen LogP contribution in [0.15, 0.2) is 52.2 Å². The minimum Gasteiger partial charge on any atom is -0.449 e. The molecule has 0 saturated carbocycles. The van der Waals surface area contributed by atoms with Crippen LogP contribution >= 0.6 is 0 Å². The van der Waals surface area contributed by atoms with Gasteiger partial charge in [-0.3, -0.25) is 9.48 Å². The van der Waals surface area contributed by atoms with Crippen LogP contribution in [0.3, 0.4) is 0 Å². The molecule has 3 aromatic rings. The van der Waals surface area contributed by atoms with Crippen molar-refractivity contribution < 1.29 is 17.6 Å². The van der Waals surface area contributed by atoms with Crippen molar-refractivity contribution in [2.75, 3.05) is 0 Å². The van der Waals surface area contributed by atoms with E-state index in [4.69, 9.17) is 4.42 Å². The molecule has 0 bridgehead atoms. The Balaban J connectivity index is 1.72. The van der Waals surface area contributed by atoms with Gasteiger partial charge in [0.15, 0.2) is 5.89 Å². The zero-order valence-corrected chi connectivity index (χ0v) is 14.4. The Morgan fingerprint density at radius 3 is 2.56 bits per heavy atom. The largest absolute Gasteiger partial charge is 0.449 e. The molecule has 9 heteroatoms. The van der Waals surface area contributed by atoms with Gasteiger partial charge in [0.2, 0.25) is 5.91 Å². The van der Waals surface area contributed by atoms with E-state index < -0.39 is 15.9 Å². The number of aromatic nitrogens is 3. The molecular weight excluding hydrogens is 344 g/mol. The summed E-state index contributed by atoms with van der Waals surface area (Å²) in [5.41, 5.74) is 1.96. The standard InChI is InChI=1S/C16H16N4O4S/c1-11-18-15(10-24-11)13-3-5-14(6-4-13)25(22,23)19-16(21)7-12-8-17-20(2)9-12/h3-6,8-10H,7H2,1-2H3,(H,19,21). The van der Waals surface area contributed by atoms with Crippen LogP contribution in [-0.2, 0) is 28.3 Å². The topological polar surface area (TPSA) is 107 Å². The van der Waals surface area contributed by atoms with Crippen LogP contribution in [0.5, 0.6) is 0 Å². The number of carbonyl (C=O) groups excluding carboxylic acids is 1. The van der Waals surface area contributed by atoms with Crippen LogP contribution < -0.4 is 4.72 Å². The summed E-state index contributed by atoms with van der Waals surface area (Å²) < 4.78 is 33.3. The lowest BCUT2D eigenvalue weighted by atomic mass is 10.2. The fourth-order valence-electron chi connectivity index (χ4n) is 2.29. The highest BCUT2D eigenvalue weighted by Crippen LogP contribution is 2.20. The third-order valence-corrected chi connectivity index (χ3v) is 4.84. The number of carbonyl (C=O) groups is 1. The molecule has 130 valence electrons. The Labute approximate surface area is 144 Å². The van der Waals surface area contributed by atoms with Gasteiger partial charge in [0, 0.05) is 25.7 Å². The van der Waals surface area contributed by atoms with E-state index in [-0.39, 0.29) is 11.3 Å². The fraction of sp³-hybridized carbons (Fsp3) is 0.188. The second-order valence-electron chi connectivity index (χ2n) is 5.50. The van der Waals surface area contributed by atoms with Crippen LogP contribution in [0.4, 0.5) is 0 Å². The molecule has 1 N–H and O–H groups in total. The maximum atomic E-state index is 12.3. The Kier molecular flexibility index (Phi) is 4.41. The van der Waals surface area contributed by atoms with Gasteiger partial charge in [0.05, 0.1) is 17.5 Å². The SMILES string of the molecule is Cc1nc(-c2ccc(S(=O)(=O)NC(=O)Cc3cnn(C)c3)cc2)co1. The summed E-state index contributed by atoms with van der Waals surface area (Å²) in [5.74, 6) is -0.0986. The van der Waals surface area contributed by atoms with Gasteiger partial charge in [0.1, 0.15) is 12.0 Å². The van der Waals surface area contributed by atoms with E-state index in [2.05, 4.69) is 14.8 Å². The Hall–Kier alpha value is -2.94. The van der Waals surface area contributed by atoms with Crippen LogP contribution in [-0.4, -0.2) is 29.1 Å². The van der Waals surface area contributed by atoms with Crippen LogP contribution in [0.25, 0.3) is 11.3 Å². The first-order chi connectivity index (χ1) is 11.8. The molecule has 3 rings (SSSR count). The average molecular weight is 360 g/mol. The molecule has 0 fully saturated rings. The smallest absolute Gasteiger partial charge is 0.264 e. The minimum atomic E-state index is -3.94. The van der Waals surface area contributed by atoms with E-state index in [9.17, 15) is 13.2 Å². The number of nitrogens with one attached hydrogen (secondary N) is 1. The van der Waals surface area contributed by atoms with Gasteiger partial charge in [-0.05, 0) is 17.7 Å². The number of hydrogen-bond donors (Lipinski definition) is 1. The first kappa shape index (κ1) is 16.9. The third-order valence-electron chi connectivity index (χ3n) is 3.45. The molecule has 0 aliphatic heterocycles. The van der Waals surface area contributed by atoms with Gasteiger partial charge in [-0.1, -0.05) is 12.1 Å². The molecule has 25 heavy (non-hydrogen) atoms. The highest BCUT2D eigenvalue weighted by atomic mass is 32.2. The number of hydrogen-bond acceptors (Lipinski definition) is 6. The van der Waals surface area contributed by atoms with Crippen molar-refractivity contribution >= 4 is 15.9 Å². The number of rotatable bonds is 5. The van der Waals surface area contributed by atoms with E-state index in [1.54, 1.807) is 37.0 Å². The molecular formula is C16H16N4O4S. The molecule has 0 radical (unpaired) electrons. The van der Waals surface area contributed by atoms with E-state index >= 15 is 0 Å². The second-order valence-corrected chi connectivity index (χ2v) is 7.19. The summed E-state index contributed by atoms with van der Waals surface area (Å²) in [6.07, 6.45) is 4.60. The predicted molar refractivity (Wildman–Crippen MR) is 88.9 cm³/mol. The van der Waals surface area contributed by atoms with E-state index in [0.29, 0.717) is 17.1 Å². The number of aryl methyl sites for hydroxylation is 2. The number of amides is 1. The van der Waals surface area contributed by atoms with Crippen molar-refractivity contribution in [2.45, 2.75) is 18.2 Å². The molecule has 2 heterocycles. The van der Waals surface area contributed by atoms with E-state index in [0.717, 1.165) is 5.56 Å². The molecule has 8 nitrogen and oxygen atoms in total. The zero-order chi connectivity index (χ0) is 18.0. The van der Waals surface area contributed by atoms with Crippen molar-refractivity contribution in [3.8, 4) is 11.3 Å². The number of oxazole rings is 1. The Morgan fingerprint density at radius 1 is 1.28 bits per heavy atom. The molecule has 0 aliphatic rings. The lowest BCUT2D eigenvalue weighted by Gasteiger charge is -2.07. The Morgan fingerprint density at radius 2 is 2.00 bits per heavy atom. The first-order valence-corrected chi connectivity index (χ1v) is 8.87. The quantitative estimate of drug-likeness (QED) is 0.737. The third kappa shape index (κ3) is 3.94. The van der Waals surface area contributed by atoms with Gasteiger partial charge in [-0.25, -0.2) is 18.1 Å². The summed E-state index contributed by atoms with van der Waals surface area (Å²) in [7, 11) is -2.22. The molecule has 2 aromatic heterocycles. The van der Waals surface area contributed by atoms with E-state index in [1.807, 2.05) is 0 Å². The van der Waals surface area contributed by atoms with Crippen LogP contribution in [0, 0.1) is 6.92 Å². The minimum absolute atomic E-state index is 0.00370. The highest BCUT2D eigenvalue weighted by molar-refractivity contribution is 7.90. The van der Waals surface area contributed by atoms with E-state index in [1.165, 1.54) is 24.6 Å². The summed E-state index contributed by atoms with van der Waals surface area (Å²) in [6, 6.07) is 6.05. The fourth-order valence-corrected chi connectivity index (χ4v) is 3.28. The number of benzene rings is 1. The molecule has 0 atom stereocenters. The van der Waals surface area contributed by atoms with Crippen molar-refractivity contribution in [3.63, 3.8) is 0 Å². The molecule has 0 saturated heterocycles. The van der Waals surface area contributed by atoms with Gasteiger partial charge in [0.25, 0.3) is 10.0 Å². The Bertz CT molecular complexity index is 1000. The van der Waals surface area contributed by atoms with Crippen molar-refractivity contribution in [1.82, 2.24) is 19.5 Å². The number of sulfonamides is 1. The van der Waals surface area contributed by atoms with Crippen molar-refractivity contribution in [3.05, 3.63) is 54.4 Å². The summed E-state index contributed by atoms with van der Waals surface area (Å²) in [5, 5.41) is 3.94. The van der Waals surface area contributed by atoms with Crippen molar-refractivity contribution in [2.24, 2.45) is 7.05 Å². The molecule has 1 amide bonds. The van der Waals surface area contributed by atoms with Gasteiger partial charge in [-0.2, -0.15) is 5.10 Å². The highest BCUT2D eigenvalue weighted by Gasteiger charge is 2.18. The zero-order valence-electron chi connectivity index (χ0n) is 13.6. The monoisotopic (exact) mass is 360 g/mol. The molecule has 0 aliphatic carbocycles. The normalized spacial score (nSPS) is 11.4.